The lowest BCUT2D eigenvalue weighted by Gasteiger charge is -2.30. The van der Waals surface area contributed by atoms with E-state index in [0.717, 1.165) is 38.1 Å². The first-order chi connectivity index (χ1) is 9.54. The van der Waals surface area contributed by atoms with Crippen LogP contribution >= 0.6 is 0 Å². The van der Waals surface area contributed by atoms with Crippen LogP contribution in [0.5, 0.6) is 0 Å². The number of nitrogens with one attached hydrogen (secondary N) is 1. The van der Waals surface area contributed by atoms with Crippen molar-refractivity contribution in [3.63, 3.8) is 0 Å². The van der Waals surface area contributed by atoms with Crippen molar-refractivity contribution < 1.29 is 8.42 Å². The van der Waals surface area contributed by atoms with Crippen molar-refractivity contribution in [1.82, 2.24) is 14.9 Å². The lowest BCUT2D eigenvalue weighted by Crippen LogP contribution is -2.48. The Bertz CT molecular complexity index is 524. The van der Waals surface area contributed by atoms with Crippen LogP contribution in [0.25, 0.3) is 0 Å². The first-order valence-corrected chi connectivity index (χ1v) is 9.17. The number of rotatable bonds is 6. The van der Waals surface area contributed by atoms with Crippen LogP contribution < -0.4 is 5.32 Å². The van der Waals surface area contributed by atoms with Gasteiger partial charge in [-0.05, 0) is 25.8 Å². The van der Waals surface area contributed by atoms with Gasteiger partial charge in [-0.3, -0.25) is 0 Å². The zero-order valence-electron chi connectivity index (χ0n) is 12.4. The number of sulfone groups is 1. The maximum Gasteiger partial charge on any atom is 0.154 e. The fraction of sp³-hybridized carbons (Fsp3) is 0.786. The molecule has 0 amide bonds. The topological polar surface area (TPSA) is 64.0 Å². The fourth-order valence-electron chi connectivity index (χ4n) is 2.89. The van der Waals surface area contributed by atoms with E-state index in [2.05, 4.69) is 17.2 Å². The molecular weight excluding hydrogens is 274 g/mol. The lowest BCUT2D eigenvalue weighted by atomic mass is 10.0. The van der Waals surface area contributed by atoms with Gasteiger partial charge < -0.3 is 9.88 Å². The predicted octanol–water partition coefficient (Wildman–Crippen LogP) is 1.30. The number of hydrogen-bond acceptors (Lipinski definition) is 4. The lowest BCUT2D eigenvalue weighted by molar-refractivity contribution is 0.425. The second-order valence-corrected chi connectivity index (χ2v) is 7.96. The molecule has 0 bridgehead atoms. The van der Waals surface area contributed by atoms with Gasteiger partial charge in [0.05, 0.1) is 11.0 Å². The summed E-state index contributed by atoms with van der Waals surface area (Å²) in [5.74, 6) is 1.28. The molecule has 1 aromatic rings. The monoisotopic (exact) mass is 299 g/mol. The van der Waals surface area contributed by atoms with E-state index in [1.165, 1.54) is 0 Å². The van der Waals surface area contributed by atoms with Crippen LogP contribution in [0.15, 0.2) is 12.4 Å². The van der Waals surface area contributed by atoms with Crippen LogP contribution in [-0.2, 0) is 23.3 Å². The Morgan fingerprint density at radius 1 is 1.50 bits per heavy atom. The highest BCUT2D eigenvalue weighted by Gasteiger charge is 2.35. The number of nitrogens with zero attached hydrogens (tertiary/aromatic N) is 2. The van der Waals surface area contributed by atoms with Gasteiger partial charge in [0.25, 0.3) is 0 Å². The molecule has 1 N–H and O–H groups in total. The van der Waals surface area contributed by atoms with Gasteiger partial charge in [0.1, 0.15) is 5.82 Å². The SMILES string of the molecule is CCCNC(Cc1nccn1C)C1CCCCS1(=O)=O. The second-order valence-electron chi connectivity index (χ2n) is 5.62. The quantitative estimate of drug-likeness (QED) is 0.860. The molecule has 0 saturated carbocycles. The van der Waals surface area contributed by atoms with E-state index >= 15 is 0 Å². The molecule has 114 valence electrons. The molecule has 1 saturated heterocycles. The maximum atomic E-state index is 12.3. The highest BCUT2D eigenvalue weighted by molar-refractivity contribution is 7.92. The number of aromatic nitrogens is 2. The van der Waals surface area contributed by atoms with Gasteiger partial charge in [-0.1, -0.05) is 13.3 Å². The minimum atomic E-state index is -2.97. The molecule has 0 spiro atoms. The van der Waals surface area contributed by atoms with Gasteiger partial charge in [-0.2, -0.15) is 0 Å². The summed E-state index contributed by atoms with van der Waals surface area (Å²) in [6.45, 7) is 2.95. The van der Waals surface area contributed by atoms with Crippen molar-refractivity contribution in [2.24, 2.45) is 7.05 Å². The molecule has 1 fully saturated rings. The van der Waals surface area contributed by atoms with Crippen molar-refractivity contribution in [3.05, 3.63) is 18.2 Å². The zero-order valence-corrected chi connectivity index (χ0v) is 13.2. The summed E-state index contributed by atoms with van der Waals surface area (Å²) in [7, 11) is -1.02. The second kappa shape index (κ2) is 6.72. The Morgan fingerprint density at radius 2 is 2.30 bits per heavy atom. The first kappa shape index (κ1) is 15.5. The molecule has 6 heteroatoms. The molecule has 20 heavy (non-hydrogen) atoms. The van der Waals surface area contributed by atoms with Gasteiger partial charge in [0, 0.05) is 31.9 Å². The van der Waals surface area contributed by atoms with Gasteiger partial charge in [-0.15, -0.1) is 0 Å². The Balaban J connectivity index is 2.16. The number of aryl methyl sites for hydroxylation is 1. The molecule has 5 nitrogen and oxygen atoms in total. The van der Waals surface area contributed by atoms with Crippen LogP contribution in [0.4, 0.5) is 0 Å². The van der Waals surface area contributed by atoms with Gasteiger partial charge >= 0.3 is 0 Å². The van der Waals surface area contributed by atoms with E-state index in [1.807, 2.05) is 17.8 Å². The van der Waals surface area contributed by atoms with Gasteiger partial charge in [-0.25, -0.2) is 13.4 Å². The van der Waals surface area contributed by atoms with Crippen molar-refractivity contribution in [2.45, 2.75) is 50.3 Å². The summed E-state index contributed by atoms with van der Waals surface area (Å²) in [6.07, 6.45) is 7.94. The first-order valence-electron chi connectivity index (χ1n) is 7.45. The summed E-state index contributed by atoms with van der Waals surface area (Å²) in [6, 6.07) is -0.0265. The standard InChI is InChI=1S/C14H25N3O2S/c1-3-7-15-12(11-14-16-8-9-17(14)2)13-6-4-5-10-20(13,18)19/h8-9,12-13,15H,3-7,10-11H2,1-2H3. The highest BCUT2D eigenvalue weighted by atomic mass is 32.2. The third-order valence-corrected chi connectivity index (χ3v) is 6.40. The van der Waals surface area contributed by atoms with Crippen LogP contribution in [0.3, 0.4) is 0 Å². The fourth-order valence-corrected chi connectivity index (χ4v) is 5.01. The summed E-state index contributed by atoms with van der Waals surface area (Å²) < 4.78 is 26.6. The van der Waals surface area contributed by atoms with Crippen LogP contribution in [0.1, 0.15) is 38.4 Å². The molecule has 1 aliphatic heterocycles. The van der Waals surface area contributed by atoms with Crippen LogP contribution in [-0.4, -0.2) is 41.6 Å². The van der Waals surface area contributed by atoms with Crippen LogP contribution in [0.2, 0.25) is 0 Å². The van der Waals surface area contributed by atoms with Gasteiger partial charge in [0.15, 0.2) is 9.84 Å². The largest absolute Gasteiger partial charge is 0.338 e. The average molecular weight is 299 g/mol. The molecule has 0 aliphatic carbocycles. The molecule has 1 aromatic heterocycles. The third kappa shape index (κ3) is 3.61. The Morgan fingerprint density at radius 3 is 2.90 bits per heavy atom. The normalized spacial score (nSPS) is 23.6. The summed E-state index contributed by atoms with van der Waals surface area (Å²) >= 11 is 0. The summed E-state index contributed by atoms with van der Waals surface area (Å²) in [5, 5.41) is 3.16. The van der Waals surface area contributed by atoms with Crippen molar-refractivity contribution in [2.75, 3.05) is 12.3 Å². The molecule has 0 aromatic carbocycles. The molecule has 2 heterocycles. The van der Waals surface area contributed by atoms with Crippen molar-refractivity contribution in [3.8, 4) is 0 Å². The van der Waals surface area contributed by atoms with Crippen molar-refractivity contribution in [1.29, 1.82) is 0 Å². The molecule has 2 atom stereocenters. The molecule has 1 aliphatic rings. The smallest absolute Gasteiger partial charge is 0.154 e. The zero-order chi connectivity index (χ0) is 14.6. The van der Waals surface area contributed by atoms with E-state index in [4.69, 9.17) is 0 Å². The van der Waals surface area contributed by atoms with Crippen molar-refractivity contribution >= 4 is 9.84 Å². The highest BCUT2D eigenvalue weighted by Crippen LogP contribution is 2.24. The van der Waals surface area contributed by atoms with Gasteiger partial charge in [0.2, 0.25) is 0 Å². The van der Waals surface area contributed by atoms with E-state index < -0.39 is 9.84 Å². The Kier molecular flexibility index (Phi) is 5.21. The minimum absolute atomic E-state index is 0.0265. The molecule has 2 rings (SSSR count). The molecule has 2 unspecified atom stereocenters. The Hall–Kier alpha value is -0.880. The molecule has 0 radical (unpaired) electrons. The molecular formula is C14H25N3O2S. The van der Waals surface area contributed by atoms with E-state index in [0.29, 0.717) is 12.2 Å². The number of imidazole rings is 1. The van der Waals surface area contributed by atoms with E-state index in [9.17, 15) is 8.42 Å². The minimum Gasteiger partial charge on any atom is -0.338 e. The Labute approximate surface area is 121 Å². The maximum absolute atomic E-state index is 12.3. The van der Waals surface area contributed by atoms with E-state index in [1.54, 1.807) is 6.20 Å². The predicted molar refractivity (Wildman–Crippen MR) is 80.4 cm³/mol. The summed E-state index contributed by atoms with van der Waals surface area (Å²) in [5.41, 5.74) is 0. The number of hydrogen-bond donors (Lipinski definition) is 1. The average Bonchev–Trinajstić information content (AvgIpc) is 2.80. The van der Waals surface area contributed by atoms with E-state index in [-0.39, 0.29) is 11.3 Å². The third-order valence-electron chi connectivity index (χ3n) is 4.06. The summed E-state index contributed by atoms with van der Waals surface area (Å²) in [4.78, 5) is 4.33. The van der Waals surface area contributed by atoms with Crippen LogP contribution in [0, 0.1) is 0 Å².